The molecule has 0 aliphatic carbocycles. The van der Waals surface area contributed by atoms with E-state index in [1.807, 2.05) is 0 Å². The second-order valence-electron chi connectivity index (χ2n) is 6.80. The monoisotopic (exact) mass is 459 g/mol. The molecule has 3 rings (SSSR count). The molecule has 2 aromatic carbocycles. The normalized spacial score (nSPS) is 11.2. The molecule has 0 amide bonds. The number of hydrogen-bond donors (Lipinski definition) is 1. The Hall–Kier alpha value is -4.20. The molecule has 0 unspecified atom stereocenters. The molecule has 0 saturated carbocycles. The molecular weight excluding hydrogens is 439 g/mol. The summed E-state index contributed by atoms with van der Waals surface area (Å²) in [6, 6.07) is 5.12. The summed E-state index contributed by atoms with van der Waals surface area (Å²) in [4.78, 5) is 8.88. The van der Waals surface area contributed by atoms with E-state index >= 15 is 0 Å². The second-order valence-corrected chi connectivity index (χ2v) is 6.80. The third-order valence-electron chi connectivity index (χ3n) is 4.69. The van der Waals surface area contributed by atoms with Crippen LogP contribution in [0.1, 0.15) is 11.1 Å². The van der Waals surface area contributed by atoms with Gasteiger partial charge in [-0.25, -0.2) is 18.2 Å². The summed E-state index contributed by atoms with van der Waals surface area (Å²) in [6.07, 6.45) is 3.22. The maximum Gasteiger partial charge on any atom is 0.232 e. The number of nitrogens with zero attached hydrogens (tertiary/aromatic N) is 4. The number of aryl methyl sites for hydroxylation is 1. The van der Waals surface area contributed by atoms with Gasteiger partial charge in [0.05, 0.1) is 39.8 Å². The van der Waals surface area contributed by atoms with Crippen molar-refractivity contribution >= 4 is 11.5 Å². The van der Waals surface area contributed by atoms with Gasteiger partial charge in [0.25, 0.3) is 0 Å². The Bertz CT molecular complexity index is 1280. The van der Waals surface area contributed by atoms with E-state index in [1.54, 1.807) is 25.2 Å². The lowest BCUT2D eigenvalue weighted by Gasteiger charge is -2.14. The van der Waals surface area contributed by atoms with Crippen LogP contribution in [0.4, 0.5) is 24.7 Å². The largest absolute Gasteiger partial charge is 0.493 e. The van der Waals surface area contributed by atoms with Crippen LogP contribution in [0.15, 0.2) is 35.5 Å². The first-order valence-electron chi connectivity index (χ1n) is 9.52. The highest BCUT2D eigenvalue weighted by Gasteiger charge is 2.14. The summed E-state index contributed by atoms with van der Waals surface area (Å²) in [5, 5.41) is 11.4. The molecule has 0 aliphatic rings. The van der Waals surface area contributed by atoms with Gasteiger partial charge in [-0.05, 0) is 36.2 Å². The summed E-state index contributed by atoms with van der Waals surface area (Å²) in [7, 11) is 4.36. The van der Waals surface area contributed by atoms with E-state index in [0.29, 0.717) is 17.2 Å². The molecule has 1 N–H and O–H groups in total. The average Bonchev–Trinajstić information content (AvgIpc) is 2.79. The maximum absolute atomic E-state index is 13.7. The van der Waals surface area contributed by atoms with E-state index in [1.165, 1.54) is 32.1 Å². The molecule has 1 heterocycles. The van der Waals surface area contributed by atoms with Gasteiger partial charge in [-0.2, -0.15) is 10.2 Å². The fourth-order valence-corrected chi connectivity index (χ4v) is 3.07. The summed E-state index contributed by atoms with van der Waals surface area (Å²) in [5.74, 6) is -2.98. The van der Waals surface area contributed by atoms with Gasteiger partial charge in [0.15, 0.2) is 46.7 Å². The molecule has 0 aliphatic heterocycles. The first-order valence-corrected chi connectivity index (χ1v) is 9.52. The minimum atomic E-state index is -1.56. The predicted octanol–water partition coefficient (Wildman–Crippen LogP) is 3.81. The molecular formula is C22H20F3N5O3. The Kier molecular flexibility index (Phi) is 7.07. The third kappa shape index (κ3) is 5.01. The van der Waals surface area contributed by atoms with Crippen LogP contribution in [-0.2, 0) is 6.54 Å². The Morgan fingerprint density at radius 3 is 2.18 bits per heavy atom. The van der Waals surface area contributed by atoms with Crippen molar-refractivity contribution < 1.29 is 27.4 Å². The van der Waals surface area contributed by atoms with Gasteiger partial charge in [0.2, 0.25) is 5.62 Å². The summed E-state index contributed by atoms with van der Waals surface area (Å²) >= 11 is 0. The zero-order valence-corrected chi connectivity index (χ0v) is 18.2. The number of nitrogens with one attached hydrogen (secondary N) is 1. The molecule has 0 fully saturated rings. The number of hydrogen-bond acceptors (Lipinski definition) is 7. The lowest BCUT2D eigenvalue weighted by Crippen LogP contribution is -2.26. The Morgan fingerprint density at radius 2 is 1.61 bits per heavy atom. The highest BCUT2D eigenvalue weighted by molar-refractivity contribution is 5.57. The Balaban J connectivity index is 2.23. The standard InChI is InChI=1S/C22H20F3N5O3/c1-12-5-17(31-2)18(32-3)8-16(12)28-22-29-21(27-11-26)19(33-4)10-30(22)9-13-6-14(23)20(25)15(24)7-13/h5-8,10H,9H2,1-4H3,(H,27,28,29). The van der Waals surface area contributed by atoms with E-state index < -0.39 is 17.5 Å². The van der Waals surface area contributed by atoms with Gasteiger partial charge in [0.1, 0.15) is 0 Å². The predicted molar refractivity (Wildman–Crippen MR) is 113 cm³/mol. The maximum atomic E-state index is 13.7. The van der Waals surface area contributed by atoms with Crippen molar-refractivity contribution in [3.8, 4) is 23.4 Å². The van der Waals surface area contributed by atoms with Crippen LogP contribution in [0.25, 0.3) is 0 Å². The topological polar surface area (TPSA) is 93.7 Å². The molecule has 11 heteroatoms. The van der Waals surface area contributed by atoms with E-state index in [0.717, 1.165) is 17.7 Å². The van der Waals surface area contributed by atoms with Crippen LogP contribution in [0.3, 0.4) is 0 Å². The van der Waals surface area contributed by atoms with E-state index in [4.69, 9.17) is 19.5 Å². The molecule has 8 nitrogen and oxygen atoms in total. The van der Waals surface area contributed by atoms with Crippen LogP contribution < -0.4 is 25.1 Å². The van der Waals surface area contributed by atoms with E-state index in [9.17, 15) is 13.2 Å². The van der Waals surface area contributed by atoms with Crippen LogP contribution in [0.2, 0.25) is 0 Å². The summed E-state index contributed by atoms with van der Waals surface area (Å²) in [6.45, 7) is 1.68. The third-order valence-corrected chi connectivity index (χ3v) is 4.69. The van der Waals surface area contributed by atoms with Crippen molar-refractivity contribution in [1.29, 1.82) is 5.26 Å². The second kappa shape index (κ2) is 9.95. The van der Waals surface area contributed by atoms with Crippen molar-refractivity contribution in [1.82, 2.24) is 9.55 Å². The molecule has 0 bridgehead atoms. The van der Waals surface area contributed by atoms with Gasteiger partial charge < -0.3 is 18.8 Å². The summed E-state index contributed by atoms with van der Waals surface area (Å²) in [5.41, 5.74) is 1.40. The SMILES string of the molecule is COc1cc(C)c(N=c2nc(NC#N)c(OC)cn2Cc2cc(F)c(F)c(F)c2)cc1OC. The first-order chi connectivity index (χ1) is 15.8. The fraction of sp³-hybridized carbons (Fsp3) is 0.227. The number of methoxy groups -OCH3 is 3. The lowest BCUT2D eigenvalue weighted by molar-refractivity contribution is 0.355. The van der Waals surface area contributed by atoms with Gasteiger partial charge in [-0.15, -0.1) is 0 Å². The molecule has 33 heavy (non-hydrogen) atoms. The minimum absolute atomic E-state index is 0.0778. The minimum Gasteiger partial charge on any atom is -0.493 e. The zero-order chi connectivity index (χ0) is 24.1. The van der Waals surface area contributed by atoms with Gasteiger partial charge in [-0.3, -0.25) is 5.32 Å². The summed E-state index contributed by atoms with van der Waals surface area (Å²) < 4.78 is 58.2. The van der Waals surface area contributed by atoms with Crippen molar-refractivity contribution in [2.75, 3.05) is 26.6 Å². The van der Waals surface area contributed by atoms with Crippen molar-refractivity contribution in [3.63, 3.8) is 0 Å². The molecule has 0 atom stereocenters. The number of benzene rings is 2. The number of anilines is 1. The zero-order valence-electron chi connectivity index (χ0n) is 18.2. The first kappa shape index (κ1) is 23.5. The molecule has 172 valence electrons. The van der Waals surface area contributed by atoms with E-state index in [2.05, 4.69) is 15.3 Å². The highest BCUT2D eigenvalue weighted by atomic mass is 19.2. The van der Waals surface area contributed by atoms with Crippen molar-refractivity contribution in [2.24, 2.45) is 4.99 Å². The highest BCUT2D eigenvalue weighted by Crippen LogP contribution is 2.34. The average molecular weight is 459 g/mol. The molecule has 0 spiro atoms. The van der Waals surface area contributed by atoms with Crippen LogP contribution in [0.5, 0.6) is 17.2 Å². The Labute approximate surface area is 187 Å². The number of ether oxygens (including phenoxy) is 3. The number of aromatic nitrogens is 2. The lowest BCUT2D eigenvalue weighted by atomic mass is 10.2. The molecule has 0 saturated heterocycles. The van der Waals surface area contributed by atoms with Gasteiger partial charge in [-0.1, -0.05) is 0 Å². The molecule has 1 aromatic heterocycles. The number of halogens is 3. The molecule has 0 radical (unpaired) electrons. The van der Waals surface area contributed by atoms with Crippen LogP contribution >= 0.6 is 0 Å². The smallest absolute Gasteiger partial charge is 0.232 e. The fourth-order valence-electron chi connectivity index (χ4n) is 3.07. The van der Waals surface area contributed by atoms with Crippen molar-refractivity contribution in [3.05, 3.63) is 64.7 Å². The Morgan fingerprint density at radius 1 is 1.00 bits per heavy atom. The number of nitriles is 1. The van der Waals surface area contributed by atoms with Crippen LogP contribution in [0, 0.1) is 35.8 Å². The van der Waals surface area contributed by atoms with Gasteiger partial charge in [0, 0.05) is 6.07 Å². The van der Waals surface area contributed by atoms with Gasteiger partial charge >= 0.3 is 0 Å². The quantitative estimate of drug-likeness (QED) is 0.328. The van der Waals surface area contributed by atoms with Crippen molar-refractivity contribution in [2.45, 2.75) is 13.5 Å². The molecule has 3 aromatic rings. The van der Waals surface area contributed by atoms with E-state index in [-0.39, 0.29) is 29.3 Å². The number of rotatable bonds is 7. The van der Waals surface area contributed by atoms with Crippen LogP contribution in [-0.4, -0.2) is 30.9 Å².